The summed E-state index contributed by atoms with van der Waals surface area (Å²) in [5.41, 5.74) is 1.33. The number of nitriles is 1. The number of thioether (sulfide) groups is 1. The number of amides is 1. The van der Waals surface area contributed by atoms with E-state index in [0.717, 1.165) is 43.7 Å². The van der Waals surface area contributed by atoms with Gasteiger partial charge in [0.1, 0.15) is 21.8 Å². The normalized spacial score (nSPS) is 22.5. The zero-order chi connectivity index (χ0) is 24.4. The minimum absolute atomic E-state index is 0.0269. The van der Waals surface area contributed by atoms with Crippen LogP contribution in [0.3, 0.4) is 0 Å². The predicted octanol–water partition coefficient (Wildman–Crippen LogP) is 4.92. The third kappa shape index (κ3) is 5.04. The van der Waals surface area contributed by atoms with Crippen LogP contribution < -0.4 is 10.5 Å². The molecule has 0 bridgehead atoms. The average molecular weight is 487 g/mol. The molecule has 2 unspecified atom stereocenters. The molecule has 2 aliphatic rings. The number of hydrogen-bond acceptors (Lipinski definition) is 6. The maximum absolute atomic E-state index is 13.4. The molecule has 2 fully saturated rings. The van der Waals surface area contributed by atoms with E-state index in [0.29, 0.717) is 33.2 Å². The van der Waals surface area contributed by atoms with E-state index in [2.05, 4.69) is 31.7 Å². The number of rotatable bonds is 6. The summed E-state index contributed by atoms with van der Waals surface area (Å²) in [6.45, 7) is 14.5. The number of piperidine rings is 1. The summed E-state index contributed by atoms with van der Waals surface area (Å²) in [5, 5.41) is 9.83. The Bertz CT molecular complexity index is 1070. The number of thiocarbonyl (C=S) groups is 1. The molecule has 0 N–H and O–H groups in total. The lowest BCUT2D eigenvalue weighted by atomic mass is 9.91. The Morgan fingerprint density at radius 2 is 1.88 bits per heavy atom. The van der Waals surface area contributed by atoms with Gasteiger partial charge in [0.2, 0.25) is 0 Å². The molecule has 8 heteroatoms. The van der Waals surface area contributed by atoms with E-state index < -0.39 is 0 Å². The molecule has 1 amide bonds. The second-order valence-electron chi connectivity index (χ2n) is 9.66. The van der Waals surface area contributed by atoms with Crippen molar-refractivity contribution in [1.29, 1.82) is 5.26 Å². The highest BCUT2D eigenvalue weighted by atomic mass is 32.2. The monoisotopic (exact) mass is 486 g/mol. The topological polar surface area (TPSA) is 69.3 Å². The van der Waals surface area contributed by atoms with Crippen molar-refractivity contribution < 1.29 is 4.79 Å². The van der Waals surface area contributed by atoms with Crippen molar-refractivity contribution in [3.05, 3.63) is 31.9 Å². The molecule has 33 heavy (non-hydrogen) atoms. The maximum Gasteiger partial charge on any atom is 0.270 e. The molecule has 0 radical (unpaired) electrons. The van der Waals surface area contributed by atoms with Crippen LogP contribution >= 0.6 is 24.0 Å². The van der Waals surface area contributed by atoms with Gasteiger partial charge in [-0.25, -0.2) is 0 Å². The smallest absolute Gasteiger partial charge is 0.270 e. The number of pyridine rings is 1. The van der Waals surface area contributed by atoms with E-state index in [4.69, 9.17) is 12.2 Å². The van der Waals surface area contributed by atoms with Crippen LogP contribution in [0.15, 0.2) is 9.70 Å². The summed E-state index contributed by atoms with van der Waals surface area (Å²) in [7, 11) is 0. The molecule has 0 spiro atoms. The second kappa shape index (κ2) is 10.4. The number of unbranched alkanes of at least 4 members (excludes halogenated alkanes) is 1. The van der Waals surface area contributed by atoms with Gasteiger partial charge >= 0.3 is 0 Å². The molecule has 2 aliphatic heterocycles. The molecule has 2 atom stereocenters. The minimum atomic E-state index is -0.240. The molecule has 3 rings (SSSR count). The van der Waals surface area contributed by atoms with Gasteiger partial charge in [0.15, 0.2) is 0 Å². The van der Waals surface area contributed by atoms with Crippen molar-refractivity contribution in [3.63, 3.8) is 0 Å². The Morgan fingerprint density at radius 1 is 1.24 bits per heavy atom. The quantitative estimate of drug-likeness (QED) is 0.420. The largest absolute Gasteiger partial charge is 0.357 e. The van der Waals surface area contributed by atoms with Crippen molar-refractivity contribution in [2.75, 3.05) is 18.0 Å². The van der Waals surface area contributed by atoms with Crippen LogP contribution in [0.1, 0.15) is 70.6 Å². The summed E-state index contributed by atoms with van der Waals surface area (Å²) in [6, 6.07) is 2.10. The van der Waals surface area contributed by atoms with Crippen LogP contribution in [0.4, 0.5) is 5.82 Å². The van der Waals surface area contributed by atoms with Gasteiger partial charge in [0.05, 0.1) is 4.91 Å². The zero-order valence-corrected chi connectivity index (χ0v) is 22.1. The SMILES string of the molecule is CCCCn1c(N2CC(C)CC(C)C2)c(/C=C2/SC(=S)N(C(C)C)C2=O)c(C)c(C#N)c1=O. The highest BCUT2D eigenvalue weighted by Gasteiger charge is 2.35. The van der Waals surface area contributed by atoms with Gasteiger partial charge in [-0.05, 0) is 57.1 Å². The van der Waals surface area contributed by atoms with Gasteiger partial charge in [-0.15, -0.1) is 0 Å². The Balaban J connectivity index is 2.28. The minimum Gasteiger partial charge on any atom is -0.357 e. The van der Waals surface area contributed by atoms with E-state index in [9.17, 15) is 14.9 Å². The van der Waals surface area contributed by atoms with Crippen LogP contribution in [0, 0.1) is 30.1 Å². The van der Waals surface area contributed by atoms with Gasteiger partial charge in [-0.1, -0.05) is 51.2 Å². The van der Waals surface area contributed by atoms with Crippen LogP contribution in [-0.4, -0.2) is 38.8 Å². The summed E-state index contributed by atoms with van der Waals surface area (Å²) in [4.78, 5) is 31.0. The van der Waals surface area contributed by atoms with Gasteiger partial charge in [-0.2, -0.15) is 5.26 Å². The molecule has 0 aliphatic carbocycles. The summed E-state index contributed by atoms with van der Waals surface area (Å²) in [6.07, 6.45) is 4.79. The Hall–Kier alpha value is -2.11. The van der Waals surface area contributed by atoms with E-state index in [-0.39, 0.29) is 23.1 Å². The first-order chi connectivity index (χ1) is 15.6. The van der Waals surface area contributed by atoms with Crippen molar-refractivity contribution in [2.24, 2.45) is 11.8 Å². The van der Waals surface area contributed by atoms with Crippen molar-refractivity contribution >= 4 is 46.1 Å². The van der Waals surface area contributed by atoms with Crippen LogP contribution in [0.5, 0.6) is 0 Å². The van der Waals surface area contributed by atoms with Gasteiger partial charge in [0.25, 0.3) is 11.5 Å². The highest BCUT2D eigenvalue weighted by molar-refractivity contribution is 8.26. The number of aromatic nitrogens is 1. The molecular formula is C25H34N4O2S2. The highest BCUT2D eigenvalue weighted by Crippen LogP contribution is 2.38. The number of anilines is 1. The molecule has 6 nitrogen and oxygen atoms in total. The summed E-state index contributed by atoms with van der Waals surface area (Å²) < 4.78 is 2.31. The maximum atomic E-state index is 13.4. The van der Waals surface area contributed by atoms with E-state index in [1.807, 2.05) is 26.8 Å². The Kier molecular flexibility index (Phi) is 8.07. The number of carbonyl (C=O) groups excluding carboxylic acids is 1. The fraction of sp³-hybridized carbons (Fsp3) is 0.600. The zero-order valence-electron chi connectivity index (χ0n) is 20.5. The van der Waals surface area contributed by atoms with E-state index >= 15 is 0 Å². The van der Waals surface area contributed by atoms with Crippen molar-refractivity contribution in [3.8, 4) is 6.07 Å². The molecule has 2 saturated heterocycles. The Morgan fingerprint density at radius 3 is 2.39 bits per heavy atom. The molecule has 1 aromatic heterocycles. The fourth-order valence-corrected chi connectivity index (χ4v) is 6.41. The number of hydrogen-bond donors (Lipinski definition) is 0. The molecule has 0 saturated carbocycles. The first kappa shape index (κ1) is 25.5. The van der Waals surface area contributed by atoms with Gasteiger partial charge < -0.3 is 4.90 Å². The van der Waals surface area contributed by atoms with Crippen LogP contribution in [-0.2, 0) is 11.3 Å². The van der Waals surface area contributed by atoms with Crippen LogP contribution in [0.25, 0.3) is 6.08 Å². The first-order valence-corrected chi connectivity index (χ1v) is 13.0. The van der Waals surface area contributed by atoms with E-state index in [1.165, 1.54) is 11.8 Å². The predicted molar refractivity (Wildman–Crippen MR) is 140 cm³/mol. The third-order valence-corrected chi connectivity index (χ3v) is 7.70. The molecule has 0 aromatic carbocycles. The van der Waals surface area contributed by atoms with Crippen LogP contribution in [0.2, 0.25) is 0 Å². The number of carbonyl (C=O) groups is 1. The van der Waals surface area contributed by atoms with Crippen molar-refractivity contribution in [1.82, 2.24) is 9.47 Å². The number of nitrogens with zero attached hydrogens (tertiary/aromatic N) is 4. The summed E-state index contributed by atoms with van der Waals surface area (Å²) >= 11 is 6.76. The van der Waals surface area contributed by atoms with Gasteiger partial charge in [-0.3, -0.25) is 19.1 Å². The lowest BCUT2D eigenvalue weighted by Crippen LogP contribution is -2.43. The van der Waals surface area contributed by atoms with E-state index in [1.54, 1.807) is 9.47 Å². The molecule has 178 valence electrons. The average Bonchev–Trinajstić information content (AvgIpc) is 3.01. The second-order valence-corrected chi connectivity index (χ2v) is 11.3. The summed E-state index contributed by atoms with van der Waals surface area (Å²) in [5.74, 6) is 1.70. The fourth-order valence-electron chi connectivity index (χ4n) is 4.90. The molecular weight excluding hydrogens is 452 g/mol. The lowest BCUT2D eigenvalue weighted by Gasteiger charge is -2.39. The third-order valence-electron chi connectivity index (χ3n) is 6.37. The first-order valence-electron chi connectivity index (χ1n) is 11.8. The molecule has 1 aromatic rings. The lowest BCUT2D eigenvalue weighted by molar-refractivity contribution is -0.123. The van der Waals surface area contributed by atoms with Crippen molar-refractivity contribution in [2.45, 2.75) is 73.4 Å². The molecule has 3 heterocycles. The standard InChI is InChI=1S/C25H34N4O2S2/c1-7-8-9-28-22(27-13-16(4)10-17(5)14-27)19(18(6)20(12-26)23(28)30)11-21-24(31)29(15(2)3)25(32)33-21/h11,15-17H,7-10,13-14H2,1-6H3/b21-11+. The van der Waals surface area contributed by atoms with Gasteiger partial charge in [0, 0.05) is 31.2 Å². The Labute approximate surface area is 206 Å².